The van der Waals surface area contributed by atoms with E-state index in [9.17, 15) is 4.39 Å². The molecular weight excluding hydrogens is 363 g/mol. The molecule has 0 aliphatic carbocycles. The quantitative estimate of drug-likeness (QED) is 0.575. The second-order valence-electron chi connectivity index (χ2n) is 7.73. The Balaban J connectivity index is 1.50. The van der Waals surface area contributed by atoms with Crippen LogP contribution in [0.3, 0.4) is 0 Å². The van der Waals surface area contributed by atoms with Gasteiger partial charge in [-0.15, -0.1) is 0 Å². The van der Waals surface area contributed by atoms with Gasteiger partial charge in [0.25, 0.3) is 0 Å². The highest BCUT2D eigenvalue weighted by Gasteiger charge is 2.22. The van der Waals surface area contributed by atoms with Crippen molar-refractivity contribution in [1.82, 2.24) is 10.2 Å². The van der Waals surface area contributed by atoms with Gasteiger partial charge in [-0.3, -0.25) is 4.90 Å². The van der Waals surface area contributed by atoms with Gasteiger partial charge in [0, 0.05) is 24.7 Å². The predicted octanol–water partition coefficient (Wildman–Crippen LogP) is 5.13. The molecule has 1 aliphatic heterocycles. The van der Waals surface area contributed by atoms with Crippen LogP contribution in [-0.2, 0) is 13.2 Å². The van der Waals surface area contributed by atoms with Crippen molar-refractivity contribution in [2.75, 3.05) is 19.6 Å². The lowest BCUT2D eigenvalue weighted by Gasteiger charge is -2.23. The maximum Gasteiger partial charge on any atom is 0.124 e. The molecule has 1 N–H and O–H groups in total. The fraction of sp³-hybridized carbons (Fsp3) is 0.360. The zero-order valence-electron chi connectivity index (χ0n) is 17.0. The van der Waals surface area contributed by atoms with Crippen molar-refractivity contribution >= 4 is 10.8 Å². The minimum Gasteiger partial charge on any atom is -0.489 e. The minimum absolute atomic E-state index is 0.225. The Labute approximate surface area is 172 Å². The van der Waals surface area contributed by atoms with Gasteiger partial charge >= 0.3 is 0 Å². The van der Waals surface area contributed by atoms with Crippen LogP contribution in [0.25, 0.3) is 10.8 Å². The van der Waals surface area contributed by atoms with E-state index >= 15 is 0 Å². The van der Waals surface area contributed by atoms with Crippen LogP contribution in [-0.4, -0.2) is 30.6 Å². The van der Waals surface area contributed by atoms with Crippen molar-refractivity contribution in [2.45, 2.75) is 39.0 Å². The summed E-state index contributed by atoms with van der Waals surface area (Å²) in [5.41, 5.74) is 2.15. The first-order chi connectivity index (χ1) is 14.2. The van der Waals surface area contributed by atoms with Gasteiger partial charge in [0.15, 0.2) is 0 Å². The number of fused-ring (bicyclic) bond motifs is 1. The van der Waals surface area contributed by atoms with Gasteiger partial charge < -0.3 is 10.1 Å². The van der Waals surface area contributed by atoms with E-state index in [1.807, 2.05) is 0 Å². The number of rotatable bonds is 8. The molecule has 3 aromatic rings. The second kappa shape index (κ2) is 9.38. The highest BCUT2D eigenvalue weighted by molar-refractivity contribution is 5.87. The van der Waals surface area contributed by atoms with E-state index in [2.05, 4.69) is 53.5 Å². The molecule has 1 heterocycles. The molecule has 29 heavy (non-hydrogen) atoms. The lowest BCUT2D eigenvalue weighted by Crippen LogP contribution is -2.37. The molecule has 0 bridgehead atoms. The summed E-state index contributed by atoms with van der Waals surface area (Å²) in [6, 6.07) is 19.7. The van der Waals surface area contributed by atoms with Gasteiger partial charge in [0.2, 0.25) is 0 Å². The van der Waals surface area contributed by atoms with Gasteiger partial charge in [0.1, 0.15) is 18.2 Å². The number of likely N-dealkylation sites (N-methyl/N-ethyl adjacent to an activating group) is 1. The second-order valence-corrected chi connectivity index (χ2v) is 7.73. The van der Waals surface area contributed by atoms with E-state index in [1.54, 1.807) is 12.1 Å². The van der Waals surface area contributed by atoms with Crippen molar-refractivity contribution < 1.29 is 9.13 Å². The smallest absolute Gasteiger partial charge is 0.124 e. The van der Waals surface area contributed by atoms with Gasteiger partial charge in [-0.1, -0.05) is 49.4 Å². The molecule has 0 radical (unpaired) electrons. The van der Waals surface area contributed by atoms with Crippen LogP contribution in [0, 0.1) is 5.82 Å². The molecule has 0 aromatic heterocycles. The van der Waals surface area contributed by atoms with Crippen LogP contribution in [0.5, 0.6) is 5.75 Å². The zero-order valence-corrected chi connectivity index (χ0v) is 17.0. The Kier molecular flexibility index (Phi) is 6.43. The Morgan fingerprint density at radius 3 is 2.72 bits per heavy atom. The van der Waals surface area contributed by atoms with E-state index in [-0.39, 0.29) is 5.82 Å². The largest absolute Gasteiger partial charge is 0.489 e. The zero-order chi connectivity index (χ0) is 20.1. The van der Waals surface area contributed by atoms with E-state index in [0.717, 1.165) is 30.9 Å². The summed E-state index contributed by atoms with van der Waals surface area (Å²) in [7, 11) is 0. The van der Waals surface area contributed by atoms with E-state index in [4.69, 9.17) is 4.74 Å². The third kappa shape index (κ3) is 4.77. The molecule has 1 atom stereocenters. The summed E-state index contributed by atoms with van der Waals surface area (Å²) in [6.45, 7) is 6.76. The molecule has 0 amide bonds. The number of nitrogens with zero attached hydrogens (tertiary/aromatic N) is 1. The normalized spacial score (nSPS) is 17.1. The Hall–Kier alpha value is -2.43. The average molecular weight is 393 g/mol. The van der Waals surface area contributed by atoms with Crippen molar-refractivity contribution in [3.63, 3.8) is 0 Å². The van der Waals surface area contributed by atoms with Crippen molar-refractivity contribution in [3.8, 4) is 5.75 Å². The van der Waals surface area contributed by atoms with Crippen LogP contribution in [0.2, 0.25) is 0 Å². The standard InChI is InChI=1S/C25H29FN2O/c1-2-28-15-5-7-22(28)16-27-17-24-23-8-4-3-6-20(23)11-14-25(24)29-18-19-9-12-21(26)13-10-19/h3-4,6,8-14,22,27H,2,5,7,15-18H2,1H3/t22-/m0/s1. The highest BCUT2D eigenvalue weighted by atomic mass is 19.1. The molecule has 0 spiro atoms. The molecule has 0 unspecified atom stereocenters. The molecule has 1 saturated heterocycles. The molecule has 0 saturated carbocycles. The van der Waals surface area contributed by atoms with Crippen molar-refractivity contribution in [3.05, 3.63) is 77.6 Å². The van der Waals surface area contributed by atoms with Crippen molar-refractivity contribution in [2.24, 2.45) is 0 Å². The van der Waals surface area contributed by atoms with E-state index in [0.29, 0.717) is 12.6 Å². The maximum atomic E-state index is 13.2. The van der Waals surface area contributed by atoms with Crippen LogP contribution >= 0.6 is 0 Å². The number of hydrogen-bond acceptors (Lipinski definition) is 3. The number of likely N-dealkylation sites (tertiary alicyclic amines) is 1. The number of nitrogens with one attached hydrogen (secondary N) is 1. The van der Waals surface area contributed by atoms with Gasteiger partial charge in [0.05, 0.1) is 0 Å². The molecule has 1 aliphatic rings. The topological polar surface area (TPSA) is 24.5 Å². The lowest BCUT2D eigenvalue weighted by atomic mass is 10.0. The SMILES string of the molecule is CCN1CCC[C@H]1CNCc1c(OCc2ccc(F)cc2)ccc2ccccc12. The number of hydrogen-bond donors (Lipinski definition) is 1. The van der Waals surface area contributed by atoms with Crippen LogP contribution in [0.1, 0.15) is 30.9 Å². The van der Waals surface area contributed by atoms with Crippen LogP contribution in [0.4, 0.5) is 4.39 Å². The molecule has 3 nitrogen and oxygen atoms in total. The fourth-order valence-corrected chi connectivity index (χ4v) is 4.28. The third-order valence-electron chi connectivity index (χ3n) is 5.89. The predicted molar refractivity (Wildman–Crippen MR) is 117 cm³/mol. The maximum absolute atomic E-state index is 13.2. The molecule has 3 aromatic carbocycles. The summed E-state index contributed by atoms with van der Waals surface area (Å²) < 4.78 is 19.3. The first-order valence-electron chi connectivity index (χ1n) is 10.6. The summed E-state index contributed by atoms with van der Waals surface area (Å²) in [5.74, 6) is 0.664. The summed E-state index contributed by atoms with van der Waals surface area (Å²) >= 11 is 0. The third-order valence-corrected chi connectivity index (χ3v) is 5.89. The summed E-state index contributed by atoms with van der Waals surface area (Å²) in [5, 5.41) is 6.11. The highest BCUT2D eigenvalue weighted by Crippen LogP contribution is 2.29. The molecule has 4 heteroatoms. The Morgan fingerprint density at radius 1 is 1.07 bits per heavy atom. The lowest BCUT2D eigenvalue weighted by molar-refractivity contribution is 0.259. The number of ether oxygens (including phenoxy) is 1. The monoisotopic (exact) mass is 392 g/mol. The Morgan fingerprint density at radius 2 is 1.90 bits per heavy atom. The van der Waals surface area contributed by atoms with Gasteiger partial charge in [-0.2, -0.15) is 0 Å². The molecule has 1 fully saturated rings. The van der Waals surface area contributed by atoms with Crippen LogP contribution < -0.4 is 10.1 Å². The van der Waals surface area contributed by atoms with E-state index < -0.39 is 0 Å². The van der Waals surface area contributed by atoms with Gasteiger partial charge in [-0.05, 0) is 60.5 Å². The minimum atomic E-state index is -0.225. The Bertz CT molecular complexity index is 941. The summed E-state index contributed by atoms with van der Waals surface area (Å²) in [6.07, 6.45) is 2.56. The molecule has 4 rings (SSSR count). The van der Waals surface area contributed by atoms with E-state index in [1.165, 1.54) is 47.9 Å². The van der Waals surface area contributed by atoms with Crippen LogP contribution in [0.15, 0.2) is 60.7 Å². The first-order valence-corrected chi connectivity index (χ1v) is 10.6. The first kappa shape index (κ1) is 19.9. The van der Waals surface area contributed by atoms with Crippen molar-refractivity contribution in [1.29, 1.82) is 0 Å². The number of benzene rings is 3. The molecular formula is C25H29FN2O. The average Bonchev–Trinajstić information content (AvgIpc) is 3.21. The fourth-order valence-electron chi connectivity index (χ4n) is 4.28. The molecule has 152 valence electrons. The number of halogens is 1. The van der Waals surface area contributed by atoms with Gasteiger partial charge in [-0.25, -0.2) is 4.39 Å². The summed E-state index contributed by atoms with van der Waals surface area (Å²) in [4.78, 5) is 2.56.